The van der Waals surface area contributed by atoms with Crippen molar-refractivity contribution < 1.29 is 4.74 Å². The molecule has 0 saturated carbocycles. The summed E-state index contributed by atoms with van der Waals surface area (Å²) in [7, 11) is 0. The Morgan fingerprint density at radius 3 is 2.82 bits per heavy atom. The van der Waals surface area contributed by atoms with Gasteiger partial charge in [-0.15, -0.1) is 0 Å². The second kappa shape index (κ2) is 10.1. The maximum absolute atomic E-state index is 5.60. The third-order valence-corrected chi connectivity index (χ3v) is 4.85. The summed E-state index contributed by atoms with van der Waals surface area (Å²) >= 11 is 0. The average Bonchev–Trinajstić information content (AvgIpc) is 2.71. The lowest BCUT2D eigenvalue weighted by Gasteiger charge is -2.32. The van der Waals surface area contributed by atoms with Crippen molar-refractivity contribution in [2.45, 2.75) is 40.0 Å². The van der Waals surface area contributed by atoms with Crippen LogP contribution in [0.1, 0.15) is 30.5 Å². The lowest BCUT2D eigenvalue weighted by atomic mass is 10.1. The molecule has 150 valence electrons. The van der Waals surface area contributed by atoms with Crippen molar-refractivity contribution in [1.82, 2.24) is 15.6 Å². The number of nitrogens with one attached hydrogen (secondary N) is 2. The number of aliphatic imine (C=N–C) groups is 1. The third-order valence-electron chi connectivity index (χ3n) is 4.85. The normalized spacial score (nSPS) is 17.5. The first-order valence-electron chi connectivity index (χ1n) is 10.0. The Hall–Kier alpha value is -2.60. The van der Waals surface area contributed by atoms with Gasteiger partial charge in [-0.3, -0.25) is 0 Å². The molecule has 0 spiro atoms. The summed E-state index contributed by atoms with van der Waals surface area (Å²) in [5, 5.41) is 6.72. The summed E-state index contributed by atoms with van der Waals surface area (Å²) in [6, 6.07) is 12.6. The number of hydrogen-bond donors (Lipinski definition) is 2. The van der Waals surface area contributed by atoms with Gasteiger partial charge in [-0.05, 0) is 43.5 Å². The topological polar surface area (TPSA) is 61.8 Å². The van der Waals surface area contributed by atoms with Gasteiger partial charge in [0.05, 0.1) is 19.3 Å². The molecule has 1 saturated heterocycles. The van der Waals surface area contributed by atoms with Crippen molar-refractivity contribution >= 4 is 11.8 Å². The predicted octanol–water partition coefficient (Wildman–Crippen LogP) is 2.87. The van der Waals surface area contributed by atoms with Crippen molar-refractivity contribution in [1.29, 1.82) is 0 Å². The fourth-order valence-electron chi connectivity index (χ4n) is 3.22. The highest BCUT2D eigenvalue weighted by Crippen LogP contribution is 2.15. The van der Waals surface area contributed by atoms with Crippen molar-refractivity contribution in [2.24, 2.45) is 4.99 Å². The first-order chi connectivity index (χ1) is 13.7. The molecule has 1 aromatic heterocycles. The molecular weight excluding hydrogens is 350 g/mol. The van der Waals surface area contributed by atoms with E-state index in [0.29, 0.717) is 6.54 Å². The van der Waals surface area contributed by atoms with Crippen LogP contribution in [-0.2, 0) is 17.8 Å². The molecule has 3 rings (SSSR count). The quantitative estimate of drug-likeness (QED) is 0.595. The van der Waals surface area contributed by atoms with E-state index in [0.717, 1.165) is 50.1 Å². The van der Waals surface area contributed by atoms with E-state index in [9.17, 15) is 0 Å². The molecule has 1 atom stereocenters. The molecule has 2 N–H and O–H groups in total. The summed E-state index contributed by atoms with van der Waals surface area (Å²) in [5.74, 6) is 1.82. The van der Waals surface area contributed by atoms with Gasteiger partial charge in [-0.1, -0.05) is 30.3 Å². The molecule has 1 fully saturated rings. The van der Waals surface area contributed by atoms with Gasteiger partial charge < -0.3 is 20.3 Å². The Balaban J connectivity index is 1.58. The Kier molecular flexibility index (Phi) is 7.25. The number of anilines is 1. The highest BCUT2D eigenvalue weighted by Gasteiger charge is 2.17. The number of rotatable bonds is 6. The van der Waals surface area contributed by atoms with Crippen LogP contribution in [0.25, 0.3) is 0 Å². The molecule has 0 radical (unpaired) electrons. The summed E-state index contributed by atoms with van der Waals surface area (Å²) in [6.45, 7) is 11.0. The van der Waals surface area contributed by atoms with Crippen LogP contribution < -0.4 is 15.5 Å². The molecule has 1 aliphatic heterocycles. The number of morpholine rings is 1. The highest BCUT2D eigenvalue weighted by atomic mass is 16.5. The summed E-state index contributed by atoms with van der Waals surface area (Å²) in [4.78, 5) is 11.6. The first-order valence-corrected chi connectivity index (χ1v) is 10.0. The van der Waals surface area contributed by atoms with Crippen LogP contribution in [-0.4, -0.2) is 43.3 Å². The van der Waals surface area contributed by atoms with Gasteiger partial charge in [-0.25, -0.2) is 9.98 Å². The minimum absolute atomic E-state index is 0.252. The van der Waals surface area contributed by atoms with Crippen LogP contribution in [0.5, 0.6) is 0 Å². The number of aromatic nitrogens is 1. The summed E-state index contributed by atoms with van der Waals surface area (Å²) in [5.41, 5.74) is 3.65. The monoisotopic (exact) mass is 381 g/mol. The number of ether oxygens (including phenoxy) is 1. The van der Waals surface area contributed by atoms with Crippen LogP contribution in [0.4, 0.5) is 5.82 Å². The standard InChI is InChI=1S/C22H31N5O/c1-4-23-22(26-15-20-8-6-5-7-17(20)2)25-14-19-9-10-21(24-13-19)27-11-12-28-18(3)16-27/h5-10,13,18H,4,11-12,14-16H2,1-3H3,(H2,23,25,26). The number of nitrogens with zero attached hydrogens (tertiary/aromatic N) is 3. The third kappa shape index (κ3) is 5.70. The van der Waals surface area contributed by atoms with Crippen molar-refractivity contribution in [2.75, 3.05) is 31.1 Å². The molecule has 0 bridgehead atoms. The van der Waals surface area contributed by atoms with E-state index >= 15 is 0 Å². The number of pyridine rings is 1. The van der Waals surface area contributed by atoms with E-state index in [4.69, 9.17) is 9.73 Å². The zero-order valence-corrected chi connectivity index (χ0v) is 17.1. The largest absolute Gasteiger partial charge is 0.375 e. The van der Waals surface area contributed by atoms with Crippen LogP contribution in [0.2, 0.25) is 0 Å². The highest BCUT2D eigenvalue weighted by molar-refractivity contribution is 5.79. The molecule has 28 heavy (non-hydrogen) atoms. The van der Waals surface area contributed by atoms with E-state index < -0.39 is 0 Å². The lowest BCUT2D eigenvalue weighted by molar-refractivity contribution is 0.0529. The Morgan fingerprint density at radius 2 is 2.11 bits per heavy atom. The average molecular weight is 382 g/mol. The van der Waals surface area contributed by atoms with Gasteiger partial charge in [-0.2, -0.15) is 0 Å². The Bertz CT molecular complexity index is 775. The molecule has 1 unspecified atom stereocenters. The van der Waals surface area contributed by atoms with E-state index in [1.165, 1.54) is 11.1 Å². The Labute approximate surface area is 168 Å². The number of aryl methyl sites for hydroxylation is 1. The zero-order chi connectivity index (χ0) is 19.8. The van der Waals surface area contributed by atoms with Crippen molar-refractivity contribution in [3.05, 3.63) is 59.3 Å². The number of guanidine groups is 1. The molecule has 6 heteroatoms. The van der Waals surface area contributed by atoms with E-state index in [2.05, 4.69) is 77.7 Å². The predicted molar refractivity (Wildman–Crippen MR) is 115 cm³/mol. The van der Waals surface area contributed by atoms with Crippen LogP contribution in [0, 0.1) is 6.92 Å². The van der Waals surface area contributed by atoms with Gasteiger partial charge in [0.25, 0.3) is 0 Å². The van der Waals surface area contributed by atoms with Gasteiger partial charge in [0, 0.05) is 32.4 Å². The fraction of sp³-hybridized carbons (Fsp3) is 0.455. The van der Waals surface area contributed by atoms with Crippen LogP contribution in [0.15, 0.2) is 47.6 Å². The molecule has 2 aromatic rings. The fourth-order valence-corrected chi connectivity index (χ4v) is 3.22. The van der Waals surface area contributed by atoms with Crippen LogP contribution >= 0.6 is 0 Å². The zero-order valence-electron chi connectivity index (χ0n) is 17.1. The first kappa shape index (κ1) is 20.1. The molecule has 1 aliphatic rings. The lowest BCUT2D eigenvalue weighted by Crippen LogP contribution is -2.41. The minimum atomic E-state index is 0.252. The van der Waals surface area contributed by atoms with Crippen molar-refractivity contribution in [3.63, 3.8) is 0 Å². The summed E-state index contributed by atoms with van der Waals surface area (Å²) in [6.07, 6.45) is 2.17. The van der Waals surface area contributed by atoms with Gasteiger partial charge in [0.2, 0.25) is 0 Å². The van der Waals surface area contributed by atoms with Gasteiger partial charge in [0.1, 0.15) is 5.82 Å². The molecule has 2 heterocycles. The van der Waals surface area contributed by atoms with Crippen LogP contribution in [0.3, 0.4) is 0 Å². The van der Waals surface area contributed by atoms with Gasteiger partial charge in [0.15, 0.2) is 5.96 Å². The maximum Gasteiger partial charge on any atom is 0.191 e. The number of hydrogen-bond acceptors (Lipinski definition) is 4. The molecule has 0 aliphatic carbocycles. The minimum Gasteiger partial charge on any atom is -0.375 e. The molecule has 0 amide bonds. The second-order valence-electron chi connectivity index (χ2n) is 7.13. The Morgan fingerprint density at radius 1 is 1.25 bits per heavy atom. The maximum atomic E-state index is 5.60. The van der Waals surface area contributed by atoms with Gasteiger partial charge >= 0.3 is 0 Å². The molecule has 1 aromatic carbocycles. The molecule has 6 nitrogen and oxygen atoms in total. The SMILES string of the molecule is CCNC(=NCc1ccc(N2CCOC(C)C2)nc1)NCc1ccccc1C. The van der Waals surface area contributed by atoms with E-state index in [-0.39, 0.29) is 6.10 Å². The van der Waals surface area contributed by atoms with Crippen molar-refractivity contribution in [3.8, 4) is 0 Å². The summed E-state index contributed by atoms with van der Waals surface area (Å²) < 4.78 is 5.60. The smallest absolute Gasteiger partial charge is 0.191 e. The second-order valence-corrected chi connectivity index (χ2v) is 7.13. The van der Waals surface area contributed by atoms with E-state index in [1.54, 1.807) is 0 Å². The number of benzene rings is 1. The van der Waals surface area contributed by atoms with E-state index in [1.807, 2.05) is 6.20 Å². The molecular formula is C22H31N5O.